The summed E-state index contributed by atoms with van der Waals surface area (Å²) in [4.78, 5) is 13.5. The maximum Gasteiger partial charge on any atom is 0.216 e. The summed E-state index contributed by atoms with van der Waals surface area (Å²) >= 11 is 2.71. The molecule has 0 fully saturated rings. The Balaban J connectivity index is 1.62. The van der Waals surface area contributed by atoms with Crippen molar-refractivity contribution < 1.29 is 17.6 Å². The van der Waals surface area contributed by atoms with Crippen molar-refractivity contribution in [2.24, 2.45) is 0 Å². The van der Waals surface area contributed by atoms with Crippen LogP contribution in [0.25, 0.3) is 0 Å². The Morgan fingerprint density at radius 3 is 2.72 bits per heavy atom. The summed E-state index contributed by atoms with van der Waals surface area (Å²) in [6.07, 6.45) is 0. The van der Waals surface area contributed by atoms with Gasteiger partial charge >= 0.3 is 0 Å². The lowest BCUT2D eigenvalue weighted by molar-refractivity contribution is 0.104. The second-order valence-corrected chi connectivity index (χ2v) is 9.07. The number of hydrogen-bond acceptors (Lipinski definition) is 5. The monoisotopic (exact) mass is 395 g/mol. The van der Waals surface area contributed by atoms with Crippen LogP contribution >= 0.6 is 22.7 Å². The Hall–Kier alpha value is -1.87. The van der Waals surface area contributed by atoms with Gasteiger partial charge in [0.1, 0.15) is 5.82 Å². The van der Waals surface area contributed by atoms with E-state index < -0.39 is 15.8 Å². The Labute approximate surface area is 153 Å². The first-order chi connectivity index (χ1) is 11.9. The number of ketones is 1. The van der Waals surface area contributed by atoms with Gasteiger partial charge in [0.25, 0.3) is 0 Å². The smallest absolute Gasteiger partial charge is 0.216 e. The molecule has 1 aromatic carbocycles. The normalized spacial score (nSPS) is 11.6. The Kier molecular flexibility index (Phi) is 5.43. The standard InChI is InChI=1S/C17H14FNO3S3/c18-14-3-1-2-12(8-14)11-25(21,22)19-9-15-4-5-16(24-15)17(20)13-6-7-23-10-13/h1-8,10,19H,9,11H2. The fourth-order valence-corrected chi connectivity index (χ4v) is 4.94. The number of halogens is 1. The van der Waals surface area contributed by atoms with E-state index in [9.17, 15) is 17.6 Å². The van der Waals surface area contributed by atoms with E-state index in [1.165, 1.54) is 40.9 Å². The number of hydrogen-bond donors (Lipinski definition) is 1. The van der Waals surface area contributed by atoms with Crippen molar-refractivity contribution in [1.82, 2.24) is 4.72 Å². The fraction of sp³-hybridized carbons (Fsp3) is 0.118. The van der Waals surface area contributed by atoms with Crippen LogP contribution in [0.1, 0.15) is 25.7 Å². The van der Waals surface area contributed by atoms with Crippen LogP contribution in [-0.2, 0) is 22.3 Å². The van der Waals surface area contributed by atoms with Gasteiger partial charge in [-0.2, -0.15) is 11.3 Å². The highest BCUT2D eigenvalue weighted by Crippen LogP contribution is 2.21. The lowest BCUT2D eigenvalue weighted by Crippen LogP contribution is -2.24. The van der Waals surface area contributed by atoms with Crippen LogP contribution in [0.4, 0.5) is 4.39 Å². The summed E-state index contributed by atoms with van der Waals surface area (Å²) in [5.41, 5.74) is 1.01. The number of sulfonamides is 1. The van der Waals surface area contributed by atoms with Crippen molar-refractivity contribution in [1.29, 1.82) is 0 Å². The van der Waals surface area contributed by atoms with Crippen molar-refractivity contribution in [2.45, 2.75) is 12.3 Å². The molecule has 2 heterocycles. The van der Waals surface area contributed by atoms with E-state index in [-0.39, 0.29) is 18.1 Å². The van der Waals surface area contributed by atoms with Crippen LogP contribution in [0, 0.1) is 5.82 Å². The van der Waals surface area contributed by atoms with Gasteiger partial charge in [0.2, 0.25) is 15.8 Å². The van der Waals surface area contributed by atoms with Gasteiger partial charge in [-0.25, -0.2) is 17.5 Å². The molecule has 3 aromatic rings. The van der Waals surface area contributed by atoms with Crippen LogP contribution in [0.3, 0.4) is 0 Å². The highest BCUT2D eigenvalue weighted by atomic mass is 32.2. The molecule has 4 nitrogen and oxygen atoms in total. The lowest BCUT2D eigenvalue weighted by atomic mass is 10.2. The predicted octanol–water partition coefficient (Wildman–Crippen LogP) is 3.80. The first kappa shape index (κ1) is 17.9. The van der Waals surface area contributed by atoms with Crippen molar-refractivity contribution in [2.75, 3.05) is 0 Å². The minimum atomic E-state index is -3.60. The maximum atomic E-state index is 13.1. The van der Waals surface area contributed by atoms with Crippen molar-refractivity contribution in [3.63, 3.8) is 0 Å². The average molecular weight is 396 g/mol. The molecule has 25 heavy (non-hydrogen) atoms. The SMILES string of the molecule is O=C(c1ccsc1)c1ccc(CNS(=O)(=O)Cc2cccc(F)c2)s1. The van der Waals surface area contributed by atoms with Gasteiger partial charge in [-0.1, -0.05) is 12.1 Å². The molecule has 8 heteroatoms. The van der Waals surface area contributed by atoms with Crippen LogP contribution < -0.4 is 4.72 Å². The molecule has 2 aromatic heterocycles. The van der Waals surface area contributed by atoms with Gasteiger partial charge in [-0.3, -0.25) is 4.79 Å². The zero-order chi connectivity index (χ0) is 17.9. The third-order valence-electron chi connectivity index (χ3n) is 3.38. The number of benzene rings is 1. The molecule has 0 aliphatic heterocycles. The first-order valence-electron chi connectivity index (χ1n) is 7.30. The minimum Gasteiger partial charge on any atom is -0.288 e. The van der Waals surface area contributed by atoms with E-state index in [4.69, 9.17) is 0 Å². The number of rotatable bonds is 7. The highest BCUT2D eigenvalue weighted by molar-refractivity contribution is 7.88. The van der Waals surface area contributed by atoms with E-state index in [1.807, 2.05) is 5.38 Å². The molecule has 0 unspecified atom stereocenters. The van der Waals surface area contributed by atoms with Gasteiger partial charge < -0.3 is 0 Å². The molecule has 0 atom stereocenters. The zero-order valence-electron chi connectivity index (χ0n) is 12.9. The molecule has 0 saturated heterocycles. The summed E-state index contributed by atoms with van der Waals surface area (Å²) in [6, 6.07) is 10.7. The van der Waals surface area contributed by atoms with Crippen LogP contribution in [0.5, 0.6) is 0 Å². The summed E-state index contributed by atoms with van der Waals surface area (Å²) in [5.74, 6) is -0.834. The maximum absolute atomic E-state index is 13.1. The van der Waals surface area contributed by atoms with Crippen molar-refractivity contribution in [3.8, 4) is 0 Å². The van der Waals surface area contributed by atoms with Crippen molar-refractivity contribution >= 4 is 38.5 Å². The summed E-state index contributed by atoms with van der Waals surface area (Å²) in [6.45, 7) is 0.0965. The van der Waals surface area contributed by atoms with E-state index >= 15 is 0 Å². The number of carbonyl (C=O) groups is 1. The van der Waals surface area contributed by atoms with Gasteiger partial charge in [0.05, 0.1) is 10.6 Å². The lowest BCUT2D eigenvalue weighted by Gasteiger charge is -2.06. The largest absolute Gasteiger partial charge is 0.288 e. The molecule has 0 spiro atoms. The summed E-state index contributed by atoms with van der Waals surface area (Å²) in [5, 5.41) is 3.62. The average Bonchev–Trinajstić information content (AvgIpc) is 3.24. The van der Waals surface area contributed by atoms with Crippen molar-refractivity contribution in [3.05, 3.63) is 79.9 Å². The van der Waals surface area contributed by atoms with Gasteiger partial charge in [-0.15, -0.1) is 11.3 Å². The van der Waals surface area contributed by atoms with E-state index in [0.717, 1.165) is 4.88 Å². The zero-order valence-corrected chi connectivity index (χ0v) is 15.4. The topological polar surface area (TPSA) is 63.2 Å². The second-order valence-electron chi connectivity index (χ2n) is 5.32. The number of carbonyl (C=O) groups excluding carboxylic acids is 1. The van der Waals surface area contributed by atoms with Crippen LogP contribution in [0.15, 0.2) is 53.2 Å². The highest BCUT2D eigenvalue weighted by Gasteiger charge is 2.15. The first-order valence-corrected chi connectivity index (χ1v) is 10.7. The molecule has 0 bridgehead atoms. The second kappa shape index (κ2) is 7.57. The third kappa shape index (κ3) is 4.82. The molecule has 3 rings (SSSR count). The van der Waals surface area contributed by atoms with E-state index in [2.05, 4.69) is 4.72 Å². The molecule has 0 aliphatic rings. The Morgan fingerprint density at radius 2 is 2.00 bits per heavy atom. The van der Waals surface area contributed by atoms with Gasteiger partial charge in [0.15, 0.2) is 0 Å². The molecular weight excluding hydrogens is 381 g/mol. The van der Waals surface area contributed by atoms with Crippen LogP contribution in [-0.4, -0.2) is 14.2 Å². The van der Waals surface area contributed by atoms with Crippen LogP contribution in [0.2, 0.25) is 0 Å². The Bertz CT molecular complexity index is 978. The third-order valence-corrected chi connectivity index (χ3v) is 6.45. The van der Waals surface area contributed by atoms with Gasteiger partial charge in [-0.05, 0) is 41.3 Å². The van der Waals surface area contributed by atoms with Gasteiger partial charge in [0, 0.05) is 22.4 Å². The molecule has 1 N–H and O–H groups in total. The molecule has 0 saturated carbocycles. The summed E-state index contributed by atoms with van der Waals surface area (Å²) < 4.78 is 39.9. The Morgan fingerprint density at radius 1 is 1.16 bits per heavy atom. The molecule has 130 valence electrons. The minimum absolute atomic E-state index is 0.0693. The molecule has 0 aliphatic carbocycles. The van der Waals surface area contributed by atoms with E-state index in [0.29, 0.717) is 16.0 Å². The summed E-state index contributed by atoms with van der Waals surface area (Å²) in [7, 11) is -3.60. The quantitative estimate of drug-likeness (QED) is 0.619. The van der Waals surface area contributed by atoms with E-state index in [1.54, 1.807) is 29.6 Å². The molecule has 0 amide bonds. The molecule has 0 radical (unpaired) electrons. The molecular formula is C17H14FNO3S3. The fourth-order valence-electron chi connectivity index (χ4n) is 2.21. The predicted molar refractivity (Wildman–Crippen MR) is 97.9 cm³/mol. The number of thiophene rings is 2. The number of nitrogens with one attached hydrogen (secondary N) is 1.